The molecule has 3 aliphatic carbocycles. The van der Waals surface area contributed by atoms with E-state index in [1.54, 1.807) is 14.0 Å². The number of Topliss-reactive ketones (excluding diaryl/α,β-unsaturated/α-hetero) is 3. The number of ether oxygens (including phenoxy) is 1. The molecule has 0 aliphatic heterocycles. The Hall–Kier alpha value is -6.18. The van der Waals surface area contributed by atoms with E-state index in [4.69, 9.17) is 10.5 Å². The van der Waals surface area contributed by atoms with Crippen LogP contribution in [0.25, 0.3) is 5.76 Å². The van der Waals surface area contributed by atoms with Crippen molar-refractivity contribution in [1.82, 2.24) is 4.90 Å². The second kappa shape index (κ2) is 18.0. The van der Waals surface area contributed by atoms with Gasteiger partial charge >= 0.3 is 0 Å². The number of hydrogen-bond acceptors (Lipinski definition) is 12. The fourth-order valence-corrected chi connectivity index (χ4v) is 14.4. The van der Waals surface area contributed by atoms with Crippen LogP contribution in [0.4, 0.5) is 5.69 Å². The van der Waals surface area contributed by atoms with Crippen LogP contribution >= 0.6 is 7.26 Å². The van der Waals surface area contributed by atoms with Crippen LogP contribution in [-0.2, 0) is 24.0 Å². The van der Waals surface area contributed by atoms with Crippen LogP contribution in [0.3, 0.4) is 0 Å². The lowest BCUT2D eigenvalue weighted by Gasteiger charge is -2.53. The Morgan fingerprint density at radius 2 is 1.38 bits per heavy atom. The number of ketones is 3. The smallest absolute Gasteiger partial charge is 0.255 e. The van der Waals surface area contributed by atoms with Crippen molar-refractivity contribution >= 4 is 63.8 Å². The molecule has 6 atom stereocenters. The fraction of sp³-hybridized carbons (Fsp3) is 0.340. The second-order valence-electron chi connectivity index (χ2n) is 17.6. The van der Waals surface area contributed by atoms with Crippen LogP contribution in [0.2, 0.25) is 0 Å². The molecule has 4 aromatic rings. The average molecular weight is 905 g/mol. The maximum absolute atomic E-state index is 14.4. The topological polar surface area (TPSA) is 237 Å². The Kier molecular flexibility index (Phi) is 13.0. The Bertz CT molecular complexity index is 2590. The highest BCUT2D eigenvalue weighted by Crippen LogP contribution is 2.58. The van der Waals surface area contributed by atoms with Gasteiger partial charge in [-0.2, -0.15) is 0 Å². The fourth-order valence-electron chi connectivity index (χ4n) is 10.1. The zero-order chi connectivity index (χ0) is 47.3. The molecule has 14 nitrogen and oxygen atoms in total. The van der Waals surface area contributed by atoms with Crippen LogP contribution in [0.5, 0.6) is 11.5 Å². The zero-order valence-corrected chi connectivity index (χ0v) is 38.1. The van der Waals surface area contributed by atoms with Crippen LogP contribution in [0.1, 0.15) is 60.8 Å². The number of carbonyl (C=O) groups is 5. The number of benzene rings is 4. The molecule has 2 amide bonds. The number of aromatic hydroxyl groups is 1. The van der Waals surface area contributed by atoms with E-state index in [0.29, 0.717) is 12.6 Å². The highest BCUT2D eigenvalue weighted by Gasteiger charge is 2.68. The summed E-state index contributed by atoms with van der Waals surface area (Å²) in [6.45, 7) is 5.71. The van der Waals surface area contributed by atoms with Crippen molar-refractivity contribution in [2.75, 3.05) is 32.7 Å². The van der Waals surface area contributed by atoms with Gasteiger partial charge in [0.2, 0.25) is 11.7 Å². The molecule has 0 unspecified atom stereocenters. The molecule has 8 N–H and O–H groups in total. The predicted octanol–water partition coefficient (Wildman–Crippen LogP) is 4.18. The number of nitrogens with two attached hydrogens (primary N) is 1. The number of amides is 2. The minimum Gasteiger partial charge on any atom is -0.508 e. The third-order valence-electron chi connectivity index (χ3n) is 13.4. The Labute approximate surface area is 377 Å². The molecule has 7 rings (SSSR count). The van der Waals surface area contributed by atoms with E-state index in [0.717, 1.165) is 22.2 Å². The van der Waals surface area contributed by atoms with E-state index in [2.05, 4.69) is 66.0 Å². The van der Waals surface area contributed by atoms with Crippen molar-refractivity contribution in [2.24, 2.45) is 17.6 Å². The van der Waals surface area contributed by atoms with E-state index < -0.39 is 94.6 Å². The summed E-state index contributed by atoms with van der Waals surface area (Å²) in [5.74, 6) is -10.2. The molecule has 0 heterocycles. The Morgan fingerprint density at radius 1 is 0.831 bits per heavy atom. The van der Waals surface area contributed by atoms with E-state index >= 15 is 0 Å². The molecule has 0 saturated heterocycles. The molecule has 0 bridgehead atoms. The van der Waals surface area contributed by atoms with Crippen LogP contribution in [0, 0.1) is 25.7 Å². The lowest BCUT2D eigenvalue weighted by Crippen LogP contribution is -2.70. The quantitative estimate of drug-likeness (QED) is 0.0536. The number of nitrogens with one attached hydrogen (secondary N) is 1. The minimum atomic E-state index is -3.06. The molecule has 1 fully saturated rings. The number of primary amides is 1. The van der Waals surface area contributed by atoms with E-state index in [1.165, 1.54) is 41.7 Å². The summed E-state index contributed by atoms with van der Waals surface area (Å²) in [4.78, 5) is 68.3. The van der Waals surface area contributed by atoms with E-state index in [1.807, 2.05) is 26.0 Å². The number of anilines is 1. The van der Waals surface area contributed by atoms with Gasteiger partial charge in [-0.05, 0) is 100 Å². The number of fused-ring (bicyclic) bond motifs is 3. The summed E-state index contributed by atoms with van der Waals surface area (Å²) >= 11 is 0. The number of aryl methyl sites for hydroxylation is 2. The first kappa shape index (κ1) is 46.8. The largest absolute Gasteiger partial charge is 0.508 e. The maximum atomic E-state index is 14.4. The van der Waals surface area contributed by atoms with Gasteiger partial charge in [0, 0.05) is 30.8 Å². The molecular formula is C50H55N3O11P+. The van der Waals surface area contributed by atoms with Crippen LogP contribution < -0.4 is 31.7 Å². The molecule has 4 aromatic carbocycles. The van der Waals surface area contributed by atoms with Gasteiger partial charge < -0.3 is 41.3 Å². The van der Waals surface area contributed by atoms with Gasteiger partial charge in [0.05, 0.1) is 42.6 Å². The predicted molar refractivity (Wildman–Crippen MR) is 248 cm³/mol. The number of nitrogens with zero attached hydrogens (tertiary/aromatic N) is 1. The standard InChI is InChI=1S/C50H54N3O11P/c1-26-9-16-31(17-10-26)65(32-18-11-27(2)12-19-32,33-20-14-30(64-6)15-21-33)25-7-8-29(54)13-24-36(55)52-35-23-22-34-28(3)37-39(44(57)38(34)43(35)56)47(60)50(63)41(45(37)58)42(53(4)5)46(59)40(48(50)61)49(51)62/h9-12,14-23,28,37,41-42,45,58,63H,7-8,13,24-25H2,1-6H3,(H5-,51,52,55,56,57,59,60,61,62)/p+1/t28-,37+,41+,42-,45-,50-/m0/s1. The Morgan fingerprint density at radius 3 is 1.91 bits per heavy atom. The van der Waals surface area contributed by atoms with Gasteiger partial charge in [-0.1, -0.05) is 48.4 Å². The summed E-state index contributed by atoms with van der Waals surface area (Å²) in [5.41, 5.74) is 2.94. The molecule has 65 heavy (non-hydrogen) atoms. The molecule has 15 heteroatoms. The van der Waals surface area contributed by atoms with Crippen molar-refractivity contribution in [2.45, 2.75) is 70.1 Å². The van der Waals surface area contributed by atoms with Crippen molar-refractivity contribution < 1.29 is 54.2 Å². The number of aliphatic hydroxyl groups is 4. The molecule has 0 spiro atoms. The summed E-state index contributed by atoms with van der Waals surface area (Å²) in [5, 5.41) is 64.4. The van der Waals surface area contributed by atoms with Gasteiger partial charge in [-0.25, -0.2) is 0 Å². The van der Waals surface area contributed by atoms with Gasteiger partial charge in [-0.3, -0.25) is 28.9 Å². The van der Waals surface area contributed by atoms with Gasteiger partial charge in [0.15, 0.2) is 11.4 Å². The molecule has 3 aliphatic rings. The second-order valence-corrected chi connectivity index (χ2v) is 21.2. The molecule has 340 valence electrons. The van der Waals surface area contributed by atoms with Crippen molar-refractivity contribution in [3.8, 4) is 11.5 Å². The molecule has 0 aromatic heterocycles. The zero-order valence-electron chi connectivity index (χ0n) is 37.2. The normalized spacial score (nSPS) is 22.9. The lowest BCUT2D eigenvalue weighted by molar-refractivity contribution is -0.169. The average Bonchev–Trinajstić information content (AvgIpc) is 3.27. The molecule has 0 radical (unpaired) electrons. The third kappa shape index (κ3) is 7.92. The summed E-state index contributed by atoms with van der Waals surface area (Å²) in [6.07, 6.45) is -0.575. The van der Waals surface area contributed by atoms with Gasteiger partial charge in [-0.15, -0.1) is 0 Å². The number of methoxy groups -OCH3 is 1. The van der Waals surface area contributed by atoms with E-state index in [-0.39, 0.29) is 41.9 Å². The number of aliphatic hydroxyl groups excluding tert-OH is 3. The number of phenolic OH excluding ortho intramolecular Hbond substituents is 1. The number of carbonyl (C=O) groups excluding carboxylic acids is 5. The van der Waals surface area contributed by atoms with Crippen LogP contribution in [-0.4, -0.2) is 105 Å². The number of phenols is 1. The SMILES string of the molecule is COc1ccc([P+](CCCC(=O)CCC(=O)Nc2ccc3c(c2O)C(O)=C2C(=O)[C@]4(O)C(O)=C(C(N)=O)C(=O)[C@@H](N(C)C)[C@@H]4[C@@H](O)[C@@H]2[C@H]3C)(c2ccc(C)cc2)c2ccc(C)cc2)cc1. The van der Waals surface area contributed by atoms with E-state index in [9.17, 15) is 49.5 Å². The number of rotatable bonds is 14. The lowest BCUT2D eigenvalue weighted by atomic mass is 9.54. The summed E-state index contributed by atoms with van der Waals surface area (Å²) in [7, 11) is 2.22. The monoisotopic (exact) mass is 904 g/mol. The summed E-state index contributed by atoms with van der Waals surface area (Å²) in [6, 6.07) is 26.6. The van der Waals surface area contributed by atoms with Gasteiger partial charge in [0.25, 0.3) is 5.91 Å². The maximum Gasteiger partial charge on any atom is 0.255 e. The highest BCUT2D eigenvalue weighted by molar-refractivity contribution is 7.95. The number of likely N-dealkylation sites (N-methyl/N-ethyl adjacent to an activating group) is 1. The van der Waals surface area contributed by atoms with Crippen molar-refractivity contribution in [1.29, 1.82) is 0 Å². The Balaban J connectivity index is 1.10. The first-order valence-corrected chi connectivity index (χ1v) is 23.4. The van der Waals surface area contributed by atoms with Gasteiger partial charge in [0.1, 0.15) is 57.5 Å². The highest BCUT2D eigenvalue weighted by atomic mass is 31.2. The first-order valence-electron chi connectivity index (χ1n) is 21.5. The third-order valence-corrected chi connectivity index (χ3v) is 18.0. The number of hydrogen-bond donors (Lipinski definition) is 7. The molecule has 1 saturated carbocycles. The minimum absolute atomic E-state index is 0.0819. The first-order chi connectivity index (χ1) is 30.8. The molecular weight excluding hydrogens is 850 g/mol. The van der Waals surface area contributed by atoms with Crippen LogP contribution in [0.15, 0.2) is 102 Å². The van der Waals surface area contributed by atoms with Crippen molar-refractivity contribution in [3.05, 3.63) is 124 Å². The van der Waals surface area contributed by atoms with Crippen molar-refractivity contribution in [3.63, 3.8) is 0 Å². The summed E-state index contributed by atoms with van der Waals surface area (Å²) < 4.78 is 5.48.